The topological polar surface area (TPSA) is 17.1 Å². The minimum atomic E-state index is -2.20. The van der Waals surface area contributed by atoms with Crippen LogP contribution in [-0.4, -0.2) is 6.29 Å². The molecular formula is C14H7F5O. The van der Waals surface area contributed by atoms with Gasteiger partial charge in [0, 0.05) is 17.5 Å². The van der Waals surface area contributed by atoms with Gasteiger partial charge < -0.3 is 0 Å². The monoisotopic (exact) mass is 286 g/mol. The van der Waals surface area contributed by atoms with Gasteiger partial charge in [0.25, 0.3) is 0 Å². The van der Waals surface area contributed by atoms with Crippen LogP contribution in [0.1, 0.15) is 21.5 Å². The van der Waals surface area contributed by atoms with Crippen LogP contribution in [0, 0.1) is 29.1 Å². The van der Waals surface area contributed by atoms with Crippen molar-refractivity contribution in [3.63, 3.8) is 0 Å². The van der Waals surface area contributed by atoms with Crippen LogP contribution in [0.25, 0.3) is 0 Å². The summed E-state index contributed by atoms with van der Waals surface area (Å²) in [5.74, 6) is -9.97. The lowest BCUT2D eigenvalue weighted by Crippen LogP contribution is -2.08. The largest absolute Gasteiger partial charge is 0.298 e. The number of carbonyl (C=O) groups excluding carboxylic acids is 1. The van der Waals surface area contributed by atoms with E-state index in [2.05, 4.69) is 0 Å². The molecule has 0 spiro atoms. The van der Waals surface area contributed by atoms with Crippen LogP contribution < -0.4 is 0 Å². The first-order valence-electron chi connectivity index (χ1n) is 5.50. The predicted molar refractivity (Wildman–Crippen MR) is 60.9 cm³/mol. The van der Waals surface area contributed by atoms with Crippen LogP contribution in [0.3, 0.4) is 0 Å². The van der Waals surface area contributed by atoms with Gasteiger partial charge in [0.05, 0.1) is 0 Å². The fourth-order valence-electron chi connectivity index (χ4n) is 1.81. The van der Waals surface area contributed by atoms with E-state index in [4.69, 9.17) is 0 Å². The van der Waals surface area contributed by atoms with E-state index in [1.807, 2.05) is 0 Å². The summed E-state index contributed by atoms with van der Waals surface area (Å²) in [7, 11) is 0. The van der Waals surface area contributed by atoms with Gasteiger partial charge in [0.1, 0.15) is 6.29 Å². The average Bonchev–Trinajstić information content (AvgIpc) is 2.48. The molecule has 0 fully saturated rings. The zero-order valence-electron chi connectivity index (χ0n) is 9.89. The van der Waals surface area contributed by atoms with E-state index < -0.39 is 41.1 Å². The molecule has 1 nitrogen and oxygen atoms in total. The summed E-state index contributed by atoms with van der Waals surface area (Å²) >= 11 is 0. The fraction of sp³-hybridized carbons (Fsp3) is 0.0714. The molecule has 0 unspecified atom stereocenters. The second-order valence-corrected chi connectivity index (χ2v) is 4.04. The van der Waals surface area contributed by atoms with Gasteiger partial charge in [-0.25, -0.2) is 22.0 Å². The van der Waals surface area contributed by atoms with Gasteiger partial charge in [0.15, 0.2) is 23.3 Å². The molecular weight excluding hydrogens is 279 g/mol. The van der Waals surface area contributed by atoms with Crippen LogP contribution >= 0.6 is 0 Å². The standard InChI is InChI=1S/C14H7F5O/c15-10-9(11(16)13(18)14(19)12(10)17)5-7-3-1-2-4-8(7)6-20/h1-4,6H,5H2. The Kier molecular flexibility index (Phi) is 3.83. The molecule has 0 aliphatic rings. The first-order chi connectivity index (χ1) is 9.47. The van der Waals surface area contributed by atoms with E-state index >= 15 is 0 Å². The Morgan fingerprint density at radius 3 is 1.85 bits per heavy atom. The number of carbonyl (C=O) groups is 1. The minimum absolute atomic E-state index is 0.122. The Labute approximate surface area is 110 Å². The second-order valence-electron chi connectivity index (χ2n) is 4.04. The van der Waals surface area contributed by atoms with Gasteiger partial charge in [-0.2, -0.15) is 0 Å². The summed E-state index contributed by atoms with van der Waals surface area (Å²) in [6.07, 6.45) is -0.123. The molecule has 0 atom stereocenters. The van der Waals surface area contributed by atoms with E-state index in [9.17, 15) is 26.7 Å². The zero-order chi connectivity index (χ0) is 14.9. The van der Waals surface area contributed by atoms with E-state index in [1.54, 1.807) is 0 Å². The van der Waals surface area contributed by atoms with Crippen LogP contribution in [0.15, 0.2) is 24.3 Å². The van der Waals surface area contributed by atoms with Gasteiger partial charge in [-0.05, 0) is 5.56 Å². The van der Waals surface area contributed by atoms with E-state index in [0.717, 1.165) is 0 Å². The van der Waals surface area contributed by atoms with Crippen molar-refractivity contribution < 1.29 is 26.7 Å². The Morgan fingerprint density at radius 2 is 1.30 bits per heavy atom. The maximum absolute atomic E-state index is 13.5. The molecule has 2 aromatic rings. The van der Waals surface area contributed by atoms with Crippen LogP contribution in [0.4, 0.5) is 22.0 Å². The SMILES string of the molecule is O=Cc1ccccc1Cc1c(F)c(F)c(F)c(F)c1F. The molecule has 6 heteroatoms. The van der Waals surface area contributed by atoms with Crippen LogP contribution in [-0.2, 0) is 6.42 Å². The van der Waals surface area contributed by atoms with Gasteiger partial charge in [-0.1, -0.05) is 24.3 Å². The Balaban J connectivity index is 2.57. The van der Waals surface area contributed by atoms with Crippen molar-refractivity contribution in [3.8, 4) is 0 Å². The van der Waals surface area contributed by atoms with E-state index in [0.29, 0.717) is 6.29 Å². The molecule has 20 heavy (non-hydrogen) atoms. The average molecular weight is 286 g/mol. The van der Waals surface area contributed by atoms with Crippen molar-refractivity contribution in [1.29, 1.82) is 0 Å². The Bertz CT molecular complexity index is 652. The molecule has 104 valence electrons. The highest BCUT2D eigenvalue weighted by Gasteiger charge is 2.25. The summed E-state index contributed by atoms with van der Waals surface area (Å²) in [4.78, 5) is 10.8. The first kappa shape index (κ1) is 14.2. The lowest BCUT2D eigenvalue weighted by Gasteiger charge is -2.09. The smallest absolute Gasteiger partial charge is 0.200 e. The molecule has 0 aliphatic carbocycles. The summed E-state index contributed by atoms with van der Waals surface area (Å²) in [5, 5.41) is 0. The van der Waals surface area contributed by atoms with Gasteiger partial charge >= 0.3 is 0 Å². The molecule has 2 rings (SSSR count). The molecule has 0 bridgehead atoms. The number of rotatable bonds is 3. The normalized spacial score (nSPS) is 10.7. The van der Waals surface area contributed by atoms with Crippen molar-refractivity contribution in [3.05, 3.63) is 70.0 Å². The summed E-state index contributed by atoms with van der Waals surface area (Å²) in [5.41, 5.74) is -0.669. The maximum atomic E-state index is 13.5. The minimum Gasteiger partial charge on any atom is -0.298 e. The third kappa shape index (κ3) is 2.29. The Hall–Kier alpha value is -2.24. The van der Waals surface area contributed by atoms with Crippen molar-refractivity contribution in [2.75, 3.05) is 0 Å². The van der Waals surface area contributed by atoms with Crippen molar-refractivity contribution >= 4 is 6.29 Å². The number of benzene rings is 2. The summed E-state index contributed by atoms with van der Waals surface area (Å²) in [6.45, 7) is 0. The number of hydrogen-bond donors (Lipinski definition) is 0. The van der Waals surface area contributed by atoms with Crippen LogP contribution in [0.5, 0.6) is 0 Å². The molecule has 0 N–H and O–H groups in total. The summed E-state index contributed by atoms with van der Waals surface area (Å²) < 4.78 is 66.0. The number of hydrogen-bond acceptors (Lipinski definition) is 1. The molecule has 0 aliphatic heterocycles. The van der Waals surface area contributed by atoms with Crippen LogP contribution in [0.2, 0.25) is 0 Å². The highest BCUT2D eigenvalue weighted by atomic mass is 19.2. The van der Waals surface area contributed by atoms with Gasteiger partial charge in [-0.15, -0.1) is 0 Å². The van der Waals surface area contributed by atoms with E-state index in [1.165, 1.54) is 24.3 Å². The van der Waals surface area contributed by atoms with E-state index in [-0.39, 0.29) is 11.1 Å². The Morgan fingerprint density at radius 1 is 0.800 bits per heavy atom. The first-order valence-corrected chi connectivity index (χ1v) is 5.50. The molecule has 0 saturated heterocycles. The maximum Gasteiger partial charge on any atom is 0.200 e. The lowest BCUT2D eigenvalue weighted by molar-refractivity contribution is 0.112. The lowest BCUT2D eigenvalue weighted by atomic mass is 9.99. The highest BCUT2D eigenvalue weighted by molar-refractivity contribution is 5.77. The molecule has 0 aromatic heterocycles. The quantitative estimate of drug-likeness (QED) is 0.363. The third-order valence-corrected chi connectivity index (χ3v) is 2.85. The summed E-state index contributed by atoms with van der Waals surface area (Å²) in [6, 6.07) is 5.77. The third-order valence-electron chi connectivity index (χ3n) is 2.85. The van der Waals surface area contributed by atoms with Crippen molar-refractivity contribution in [1.82, 2.24) is 0 Å². The number of halogens is 5. The highest BCUT2D eigenvalue weighted by Crippen LogP contribution is 2.25. The fourth-order valence-corrected chi connectivity index (χ4v) is 1.81. The number of aldehydes is 1. The van der Waals surface area contributed by atoms with Crippen molar-refractivity contribution in [2.24, 2.45) is 0 Å². The predicted octanol–water partition coefficient (Wildman–Crippen LogP) is 3.79. The van der Waals surface area contributed by atoms with Gasteiger partial charge in [-0.3, -0.25) is 4.79 Å². The zero-order valence-corrected chi connectivity index (χ0v) is 9.89. The van der Waals surface area contributed by atoms with Gasteiger partial charge in [0.2, 0.25) is 5.82 Å². The molecule has 0 heterocycles. The molecule has 0 amide bonds. The molecule has 0 radical (unpaired) electrons. The second kappa shape index (κ2) is 5.40. The van der Waals surface area contributed by atoms with Crippen molar-refractivity contribution in [2.45, 2.75) is 6.42 Å². The molecule has 2 aromatic carbocycles. The molecule has 0 saturated carbocycles.